The molecular weight excluding hydrogens is 382 g/mol. The smallest absolute Gasteiger partial charge is 0.303 e. The predicted molar refractivity (Wildman–Crippen MR) is 115 cm³/mol. The van der Waals surface area contributed by atoms with Gasteiger partial charge in [0.25, 0.3) is 0 Å². The first kappa shape index (κ1) is 20.7. The maximum Gasteiger partial charge on any atom is 0.303 e. The molecule has 3 aromatic rings. The molecule has 6 heteroatoms. The third-order valence-corrected chi connectivity index (χ3v) is 5.68. The molecule has 1 N–H and O–H groups in total. The molecule has 0 aliphatic carbocycles. The number of hydrogen-bond donors (Lipinski definition) is 1. The van der Waals surface area contributed by atoms with Crippen LogP contribution >= 0.6 is 11.3 Å². The van der Waals surface area contributed by atoms with Crippen LogP contribution in [0.3, 0.4) is 0 Å². The molecule has 0 aliphatic heterocycles. The van der Waals surface area contributed by atoms with Crippen molar-refractivity contribution < 1.29 is 9.90 Å². The van der Waals surface area contributed by atoms with Gasteiger partial charge in [-0.25, -0.2) is 0 Å². The summed E-state index contributed by atoms with van der Waals surface area (Å²) < 4.78 is 0. The molecule has 0 radical (unpaired) electrons. The van der Waals surface area contributed by atoms with Crippen LogP contribution in [0.25, 0.3) is 21.1 Å². The van der Waals surface area contributed by atoms with E-state index in [2.05, 4.69) is 30.1 Å². The summed E-state index contributed by atoms with van der Waals surface area (Å²) in [6.07, 6.45) is 1.51. The first-order valence-electron chi connectivity index (χ1n) is 9.56. The summed E-state index contributed by atoms with van der Waals surface area (Å²) in [6, 6.07) is 14.1. The highest BCUT2D eigenvalue weighted by atomic mass is 32.1. The molecule has 0 amide bonds. The monoisotopic (exact) mass is 405 g/mol. The summed E-state index contributed by atoms with van der Waals surface area (Å²) in [5.74, 6) is -0.306. The van der Waals surface area contributed by atoms with Gasteiger partial charge in [0, 0.05) is 17.5 Å². The number of carboxylic acids is 1. The predicted octanol–water partition coefficient (Wildman–Crippen LogP) is 5.27. The molecular formula is C23H23N3O2S. The Balaban J connectivity index is 1.86. The van der Waals surface area contributed by atoms with Gasteiger partial charge in [0.15, 0.2) is 0 Å². The number of hydrogen-bond acceptors (Lipinski definition) is 5. The molecule has 3 rings (SSSR count). The van der Waals surface area contributed by atoms with Gasteiger partial charge in [0.2, 0.25) is 0 Å². The van der Waals surface area contributed by atoms with Crippen molar-refractivity contribution in [2.24, 2.45) is 5.92 Å². The molecule has 0 bridgehead atoms. The number of aryl methyl sites for hydroxylation is 2. The zero-order valence-electron chi connectivity index (χ0n) is 16.8. The summed E-state index contributed by atoms with van der Waals surface area (Å²) in [7, 11) is 0. The number of aliphatic carboxylic acids is 1. The van der Waals surface area contributed by atoms with Gasteiger partial charge in [0.05, 0.1) is 11.6 Å². The normalized spacial score (nSPS) is 10.9. The Morgan fingerprint density at radius 2 is 1.93 bits per heavy atom. The van der Waals surface area contributed by atoms with Crippen LogP contribution in [0.1, 0.15) is 42.5 Å². The average Bonchev–Trinajstić information content (AvgIpc) is 3.16. The number of benzene rings is 2. The van der Waals surface area contributed by atoms with Crippen LogP contribution in [0.4, 0.5) is 0 Å². The van der Waals surface area contributed by atoms with E-state index in [4.69, 9.17) is 5.11 Å². The topological polar surface area (TPSA) is 86.9 Å². The molecule has 29 heavy (non-hydrogen) atoms. The Morgan fingerprint density at radius 1 is 1.17 bits per heavy atom. The second kappa shape index (κ2) is 8.97. The fourth-order valence-corrected chi connectivity index (χ4v) is 4.18. The second-order valence-electron chi connectivity index (χ2n) is 7.54. The SMILES string of the molecule is Cc1cc(CCC(=O)O)ccc1-c1nnc(-c2ccc(CC(C)C)c(C#N)c2)s1. The minimum Gasteiger partial charge on any atom is -0.481 e. The van der Waals surface area contributed by atoms with Crippen molar-refractivity contribution in [1.29, 1.82) is 5.26 Å². The standard InChI is InChI=1S/C23H23N3O2S/c1-14(2)10-17-6-7-18(12-19(17)13-24)22-25-26-23(29-22)20-8-4-16(11-15(20)3)5-9-21(27)28/h4,6-8,11-12,14H,5,9-10H2,1-3H3,(H,27,28). The Morgan fingerprint density at radius 3 is 2.59 bits per heavy atom. The lowest BCUT2D eigenvalue weighted by Gasteiger charge is -2.08. The fourth-order valence-electron chi connectivity index (χ4n) is 3.25. The molecule has 0 atom stereocenters. The summed E-state index contributed by atoms with van der Waals surface area (Å²) in [6.45, 7) is 6.28. The lowest BCUT2D eigenvalue weighted by atomic mass is 9.97. The first-order valence-corrected chi connectivity index (χ1v) is 10.4. The van der Waals surface area contributed by atoms with Crippen molar-refractivity contribution in [3.05, 3.63) is 58.7 Å². The van der Waals surface area contributed by atoms with E-state index < -0.39 is 5.97 Å². The molecule has 148 valence electrons. The Hall–Kier alpha value is -3.04. The molecule has 0 unspecified atom stereocenters. The summed E-state index contributed by atoms with van der Waals surface area (Å²) >= 11 is 1.49. The number of carbonyl (C=O) groups is 1. The largest absolute Gasteiger partial charge is 0.481 e. The molecule has 1 aromatic heterocycles. The van der Waals surface area contributed by atoms with Gasteiger partial charge in [-0.15, -0.1) is 10.2 Å². The molecule has 1 heterocycles. The first-order chi connectivity index (χ1) is 13.9. The molecule has 2 aromatic carbocycles. The van der Waals surface area contributed by atoms with Gasteiger partial charge in [0.1, 0.15) is 10.0 Å². The number of nitrogens with zero attached hydrogens (tertiary/aromatic N) is 3. The zero-order valence-corrected chi connectivity index (χ0v) is 17.6. The fraction of sp³-hybridized carbons (Fsp3) is 0.304. The van der Waals surface area contributed by atoms with E-state index in [-0.39, 0.29) is 6.42 Å². The molecule has 0 saturated heterocycles. The van der Waals surface area contributed by atoms with Gasteiger partial charge in [-0.3, -0.25) is 4.79 Å². The van der Waals surface area contributed by atoms with Crippen LogP contribution in [-0.2, 0) is 17.6 Å². The Bertz CT molecular complexity index is 1080. The molecule has 5 nitrogen and oxygen atoms in total. The molecule has 0 saturated carbocycles. The highest BCUT2D eigenvalue weighted by Gasteiger charge is 2.13. The van der Waals surface area contributed by atoms with E-state index in [0.717, 1.165) is 44.3 Å². The quantitative estimate of drug-likeness (QED) is 0.579. The van der Waals surface area contributed by atoms with Gasteiger partial charge < -0.3 is 5.11 Å². The number of carboxylic acid groups (broad SMARTS) is 1. The second-order valence-corrected chi connectivity index (χ2v) is 8.51. The van der Waals surface area contributed by atoms with E-state index in [1.165, 1.54) is 11.3 Å². The van der Waals surface area contributed by atoms with E-state index in [0.29, 0.717) is 17.9 Å². The van der Waals surface area contributed by atoms with Crippen LogP contribution in [0.2, 0.25) is 0 Å². The van der Waals surface area contributed by atoms with Crippen LogP contribution < -0.4 is 0 Å². The van der Waals surface area contributed by atoms with Gasteiger partial charge in [-0.2, -0.15) is 5.26 Å². The maximum atomic E-state index is 10.8. The van der Waals surface area contributed by atoms with Crippen molar-refractivity contribution in [1.82, 2.24) is 10.2 Å². The average molecular weight is 406 g/mol. The minimum absolute atomic E-state index is 0.121. The highest BCUT2D eigenvalue weighted by molar-refractivity contribution is 7.17. The summed E-state index contributed by atoms with van der Waals surface area (Å²) in [4.78, 5) is 10.8. The van der Waals surface area contributed by atoms with E-state index >= 15 is 0 Å². The summed E-state index contributed by atoms with van der Waals surface area (Å²) in [5.41, 5.74) is 5.67. The van der Waals surface area contributed by atoms with Crippen molar-refractivity contribution in [2.75, 3.05) is 0 Å². The van der Waals surface area contributed by atoms with Crippen molar-refractivity contribution in [3.8, 4) is 27.2 Å². The lowest BCUT2D eigenvalue weighted by molar-refractivity contribution is -0.136. The minimum atomic E-state index is -0.795. The Kier molecular flexibility index (Phi) is 6.40. The van der Waals surface area contributed by atoms with Crippen molar-refractivity contribution in [3.63, 3.8) is 0 Å². The highest BCUT2D eigenvalue weighted by Crippen LogP contribution is 2.33. The van der Waals surface area contributed by atoms with Gasteiger partial charge in [-0.1, -0.05) is 55.5 Å². The molecule has 0 spiro atoms. The van der Waals surface area contributed by atoms with Crippen LogP contribution in [0.15, 0.2) is 36.4 Å². The van der Waals surface area contributed by atoms with Crippen molar-refractivity contribution >= 4 is 17.3 Å². The third kappa shape index (κ3) is 5.07. The van der Waals surface area contributed by atoms with Crippen molar-refractivity contribution in [2.45, 2.75) is 40.0 Å². The van der Waals surface area contributed by atoms with Gasteiger partial charge >= 0.3 is 5.97 Å². The molecule has 0 fully saturated rings. The number of rotatable bonds is 7. The van der Waals surface area contributed by atoms with Crippen LogP contribution in [0, 0.1) is 24.2 Å². The van der Waals surface area contributed by atoms with E-state index in [9.17, 15) is 10.1 Å². The lowest BCUT2D eigenvalue weighted by Crippen LogP contribution is -1.98. The van der Waals surface area contributed by atoms with Crippen LogP contribution in [0.5, 0.6) is 0 Å². The maximum absolute atomic E-state index is 10.8. The number of aromatic nitrogens is 2. The van der Waals surface area contributed by atoms with Gasteiger partial charge in [-0.05, 0) is 48.4 Å². The van der Waals surface area contributed by atoms with Crippen LogP contribution in [-0.4, -0.2) is 21.3 Å². The zero-order chi connectivity index (χ0) is 21.0. The number of nitriles is 1. The third-order valence-electron chi connectivity index (χ3n) is 4.68. The van der Waals surface area contributed by atoms with E-state index in [1.807, 2.05) is 43.3 Å². The summed E-state index contributed by atoms with van der Waals surface area (Å²) in [5, 5.41) is 28.6. The molecule has 0 aliphatic rings. The Labute approximate surface area is 174 Å². The van der Waals surface area contributed by atoms with E-state index in [1.54, 1.807) is 0 Å².